The van der Waals surface area contributed by atoms with Gasteiger partial charge in [0.15, 0.2) is 5.82 Å². The molecule has 168 valence electrons. The smallest absolute Gasteiger partial charge is 0.223 e. The first-order valence-electron chi connectivity index (χ1n) is 11.5. The number of fused-ring (bicyclic) bond motifs is 3. The lowest BCUT2D eigenvalue weighted by Gasteiger charge is -2.24. The summed E-state index contributed by atoms with van der Waals surface area (Å²) < 4.78 is 10.3. The average Bonchev–Trinajstić information content (AvgIpc) is 3.49. The molecule has 5 rings (SSSR count). The number of nitrogens with zero attached hydrogens (tertiary/aromatic N) is 4. The van der Waals surface area contributed by atoms with Crippen molar-refractivity contribution in [1.82, 2.24) is 14.3 Å². The molecule has 1 aliphatic heterocycles. The number of benzene rings is 2. The van der Waals surface area contributed by atoms with E-state index in [0.29, 0.717) is 29.5 Å². The number of carbonyl (C=O) groups excluding carboxylic acids is 1. The van der Waals surface area contributed by atoms with Crippen molar-refractivity contribution in [3.05, 3.63) is 53.1 Å². The normalized spacial score (nSPS) is 19.0. The molecule has 0 N–H and O–H groups in total. The Kier molecular flexibility index (Phi) is 5.63. The van der Waals surface area contributed by atoms with Crippen LogP contribution in [0.3, 0.4) is 0 Å². The quantitative estimate of drug-likeness (QED) is 0.495. The van der Waals surface area contributed by atoms with Crippen molar-refractivity contribution in [2.45, 2.75) is 52.2 Å². The van der Waals surface area contributed by atoms with Gasteiger partial charge in [0.05, 0.1) is 17.7 Å². The molecule has 1 amide bonds. The Labute approximate surface area is 198 Å². The number of carbonyl (C=O) groups is 1. The van der Waals surface area contributed by atoms with E-state index < -0.39 is 0 Å². The van der Waals surface area contributed by atoms with Gasteiger partial charge in [-0.05, 0) is 73.5 Å². The number of hydrogen-bond donors (Lipinski definition) is 0. The van der Waals surface area contributed by atoms with Crippen LogP contribution in [-0.2, 0) is 11.2 Å². The minimum Gasteiger partial charge on any atom is -0.490 e. The van der Waals surface area contributed by atoms with Gasteiger partial charge in [-0.1, -0.05) is 25.1 Å². The number of ether oxygens (including phenoxy) is 1. The molecule has 2 aromatic carbocycles. The van der Waals surface area contributed by atoms with Crippen molar-refractivity contribution in [1.29, 1.82) is 5.26 Å². The van der Waals surface area contributed by atoms with Gasteiger partial charge in [0.2, 0.25) is 5.91 Å². The zero-order valence-corrected chi connectivity index (χ0v) is 19.9. The first-order chi connectivity index (χ1) is 16.0. The number of rotatable bonds is 6. The maximum Gasteiger partial charge on any atom is 0.223 e. The van der Waals surface area contributed by atoms with E-state index >= 15 is 0 Å². The van der Waals surface area contributed by atoms with Crippen LogP contribution in [0.15, 0.2) is 36.4 Å². The van der Waals surface area contributed by atoms with Crippen LogP contribution < -0.4 is 4.74 Å². The van der Waals surface area contributed by atoms with Crippen molar-refractivity contribution in [3.8, 4) is 33.8 Å². The lowest BCUT2D eigenvalue weighted by Crippen LogP contribution is -2.28. The molecule has 33 heavy (non-hydrogen) atoms. The minimum atomic E-state index is -0.00448. The summed E-state index contributed by atoms with van der Waals surface area (Å²) in [4.78, 5) is 19.4. The molecule has 1 saturated heterocycles. The van der Waals surface area contributed by atoms with Crippen LogP contribution in [0.5, 0.6) is 5.75 Å². The van der Waals surface area contributed by atoms with E-state index in [4.69, 9.17) is 9.72 Å². The fraction of sp³-hybridized carbons (Fsp3) is 0.385. The van der Waals surface area contributed by atoms with Crippen molar-refractivity contribution in [2.24, 2.45) is 5.92 Å². The molecule has 7 heteroatoms. The number of amides is 1. The first-order valence-corrected chi connectivity index (χ1v) is 12.2. The van der Waals surface area contributed by atoms with Crippen LogP contribution >= 0.6 is 11.5 Å². The molecular weight excluding hydrogens is 432 g/mol. The molecule has 0 radical (unpaired) electrons. The predicted octanol–water partition coefficient (Wildman–Crippen LogP) is 5.39. The second kappa shape index (κ2) is 8.60. The largest absolute Gasteiger partial charge is 0.490 e. The van der Waals surface area contributed by atoms with Gasteiger partial charge in [0.25, 0.3) is 0 Å². The summed E-state index contributed by atoms with van der Waals surface area (Å²) in [6, 6.07) is 14.2. The van der Waals surface area contributed by atoms with Gasteiger partial charge in [-0.3, -0.25) is 4.79 Å². The summed E-state index contributed by atoms with van der Waals surface area (Å²) in [5, 5.41) is 10.4. The summed E-state index contributed by atoms with van der Waals surface area (Å²) >= 11 is 1.38. The van der Waals surface area contributed by atoms with E-state index in [2.05, 4.69) is 40.5 Å². The van der Waals surface area contributed by atoms with Gasteiger partial charge in [-0.2, -0.15) is 9.64 Å². The molecule has 2 aliphatic rings. The van der Waals surface area contributed by atoms with Crippen LogP contribution in [0.25, 0.3) is 22.0 Å². The molecular formula is C26H26N4O2S. The van der Waals surface area contributed by atoms with E-state index in [0.717, 1.165) is 35.5 Å². The molecule has 1 aromatic heterocycles. The minimum absolute atomic E-state index is 0.00448. The highest BCUT2D eigenvalue weighted by Crippen LogP contribution is 2.49. The molecule has 2 atom stereocenters. The maximum atomic E-state index is 12.5. The molecule has 0 bridgehead atoms. The molecule has 1 aliphatic carbocycles. The van der Waals surface area contributed by atoms with Gasteiger partial charge in [-0.25, -0.2) is 4.98 Å². The molecule has 2 unspecified atom stereocenters. The van der Waals surface area contributed by atoms with E-state index in [1.165, 1.54) is 22.7 Å². The lowest BCUT2D eigenvalue weighted by molar-refractivity contribution is -0.129. The van der Waals surface area contributed by atoms with E-state index in [1.54, 1.807) is 6.07 Å². The van der Waals surface area contributed by atoms with Gasteiger partial charge in [0, 0.05) is 24.1 Å². The predicted molar refractivity (Wildman–Crippen MR) is 128 cm³/mol. The van der Waals surface area contributed by atoms with Crippen molar-refractivity contribution in [3.63, 3.8) is 0 Å². The number of nitriles is 1. The molecule has 0 saturated carbocycles. The molecule has 2 heterocycles. The second-order valence-corrected chi connectivity index (χ2v) is 9.74. The Balaban J connectivity index is 1.48. The fourth-order valence-electron chi connectivity index (χ4n) is 5.11. The zero-order valence-electron chi connectivity index (χ0n) is 19.0. The van der Waals surface area contributed by atoms with E-state index in [1.807, 2.05) is 26.0 Å². The van der Waals surface area contributed by atoms with Gasteiger partial charge >= 0.3 is 0 Å². The maximum absolute atomic E-state index is 12.5. The van der Waals surface area contributed by atoms with Crippen molar-refractivity contribution >= 4 is 17.4 Å². The third-order valence-electron chi connectivity index (χ3n) is 6.38. The average molecular weight is 459 g/mol. The Morgan fingerprint density at radius 2 is 2.12 bits per heavy atom. The highest BCUT2D eigenvalue weighted by molar-refractivity contribution is 7.09. The summed E-state index contributed by atoms with van der Waals surface area (Å²) in [6.07, 6.45) is 2.49. The number of aromatic nitrogens is 2. The third-order valence-corrected chi connectivity index (χ3v) is 7.13. The van der Waals surface area contributed by atoms with Crippen LogP contribution in [0.2, 0.25) is 0 Å². The topological polar surface area (TPSA) is 79.1 Å². The fourth-order valence-corrected chi connectivity index (χ4v) is 5.84. The Hall–Kier alpha value is -3.24. The summed E-state index contributed by atoms with van der Waals surface area (Å²) in [6.45, 7) is 6.81. The van der Waals surface area contributed by atoms with Crippen LogP contribution in [-0.4, -0.2) is 32.8 Å². The molecule has 1 fully saturated rings. The summed E-state index contributed by atoms with van der Waals surface area (Å²) in [5.41, 5.74) is 4.94. The highest BCUT2D eigenvalue weighted by Gasteiger charge is 2.45. The Bertz CT molecular complexity index is 1260. The SMILES string of the molecule is CCCN1C(=O)CC2Cc3c(-c4nc(-c5ccc(OC(C)C)c(C#N)c5)ns4)cccc3C21. The monoisotopic (exact) mass is 458 g/mol. The van der Waals surface area contributed by atoms with Gasteiger partial charge < -0.3 is 9.64 Å². The molecule has 3 aromatic rings. The third kappa shape index (κ3) is 3.79. The van der Waals surface area contributed by atoms with Crippen LogP contribution in [0.1, 0.15) is 56.3 Å². The summed E-state index contributed by atoms with van der Waals surface area (Å²) in [5.74, 6) is 1.81. The first kappa shape index (κ1) is 21.6. The van der Waals surface area contributed by atoms with E-state index in [9.17, 15) is 10.1 Å². The lowest BCUT2D eigenvalue weighted by atomic mass is 10.0. The van der Waals surface area contributed by atoms with E-state index in [-0.39, 0.29) is 18.1 Å². The van der Waals surface area contributed by atoms with Crippen LogP contribution in [0, 0.1) is 17.2 Å². The standard InChI is InChI=1S/C26H26N4O2S/c1-4-10-30-23(31)13-17-12-21-19(24(17)30)6-5-7-20(21)26-28-25(29-33-26)16-8-9-22(32-15(2)3)18(11-16)14-27/h5-9,11,15,17,24H,4,10,12-13H2,1-3H3. The second-order valence-electron chi connectivity index (χ2n) is 8.99. The van der Waals surface area contributed by atoms with Crippen molar-refractivity contribution < 1.29 is 9.53 Å². The molecule has 6 nitrogen and oxygen atoms in total. The Morgan fingerprint density at radius 3 is 2.88 bits per heavy atom. The molecule has 0 spiro atoms. The zero-order chi connectivity index (χ0) is 23.1. The van der Waals surface area contributed by atoms with Gasteiger partial charge in [-0.15, -0.1) is 0 Å². The van der Waals surface area contributed by atoms with Gasteiger partial charge in [0.1, 0.15) is 16.8 Å². The summed E-state index contributed by atoms with van der Waals surface area (Å²) in [7, 11) is 0. The Morgan fingerprint density at radius 1 is 1.27 bits per heavy atom. The highest BCUT2D eigenvalue weighted by atomic mass is 32.1. The number of hydrogen-bond acceptors (Lipinski definition) is 6. The van der Waals surface area contributed by atoms with Crippen LogP contribution in [0.4, 0.5) is 0 Å². The van der Waals surface area contributed by atoms with Crippen molar-refractivity contribution in [2.75, 3.05) is 6.54 Å². The number of likely N-dealkylation sites (tertiary alicyclic amines) is 1.